The van der Waals surface area contributed by atoms with Crippen LogP contribution in [0.15, 0.2) is 48.5 Å². The molecular weight excluding hydrogens is 366 g/mol. The van der Waals surface area contributed by atoms with Gasteiger partial charge in [-0.25, -0.2) is 4.79 Å². The molecule has 1 N–H and O–H groups in total. The molecule has 0 radical (unpaired) electrons. The van der Waals surface area contributed by atoms with Gasteiger partial charge in [0.25, 0.3) is 5.91 Å². The van der Waals surface area contributed by atoms with Crippen molar-refractivity contribution in [3.8, 4) is 5.75 Å². The second-order valence-corrected chi connectivity index (χ2v) is 6.79. The molecular formula is C21H24ClNO4. The molecule has 6 heteroatoms. The Kier molecular flexibility index (Phi) is 7.67. The molecule has 0 saturated carbocycles. The summed E-state index contributed by atoms with van der Waals surface area (Å²) in [5.41, 5.74) is 1.21. The van der Waals surface area contributed by atoms with Gasteiger partial charge in [0.15, 0.2) is 0 Å². The van der Waals surface area contributed by atoms with Crippen LogP contribution in [0.25, 0.3) is 0 Å². The lowest BCUT2D eigenvalue weighted by atomic mass is 10.0. The molecule has 0 aromatic heterocycles. The number of ether oxygens (including phenoxy) is 2. The molecule has 2 aromatic carbocycles. The van der Waals surface area contributed by atoms with Gasteiger partial charge in [0, 0.05) is 5.02 Å². The van der Waals surface area contributed by atoms with E-state index in [1.807, 2.05) is 20.8 Å². The van der Waals surface area contributed by atoms with Crippen LogP contribution < -0.4 is 10.1 Å². The van der Waals surface area contributed by atoms with Crippen LogP contribution >= 0.6 is 11.6 Å². The van der Waals surface area contributed by atoms with Crippen molar-refractivity contribution in [3.63, 3.8) is 0 Å². The van der Waals surface area contributed by atoms with Gasteiger partial charge in [-0.2, -0.15) is 0 Å². The molecule has 0 aliphatic carbocycles. The summed E-state index contributed by atoms with van der Waals surface area (Å²) in [7, 11) is 0. The molecule has 0 unspecified atom stereocenters. The maximum atomic E-state index is 12.7. The summed E-state index contributed by atoms with van der Waals surface area (Å²) >= 11 is 5.85. The summed E-state index contributed by atoms with van der Waals surface area (Å²) < 4.78 is 10.9. The van der Waals surface area contributed by atoms with Gasteiger partial charge in [0.1, 0.15) is 18.4 Å². The minimum atomic E-state index is -0.764. The van der Waals surface area contributed by atoms with Crippen LogP contribution in [-0.2, 0) is 16.1 Å². The number of carbonyl (C=O) groups is 2. The lowest BCUT2D eigenvalue weighted by Gasteiger charge is -2.21. The number of esters is 1. The molecule has 1 amide bonds. The molecule has 1 atom stereocenters. The Bertz CT molecular complexity index is 774. The molecule has 0 heterocycles. The van der Waals surface area contributed by atoms with E-state index in [-0.39, 0.29) is 18.4 Å². The van der Waals surface area contributed by atoms with Crippen LogP contribution in [0.5, 0.6) is 5.75 Å². The quantitative estimate of drug-likeness (QED) is 0.686. The van der Waals surface area contributed by atoms with E-state index in [4.69, 9.17) is 21.1 Å². The highest BCUT2D eigenvalue weighted by Gasteiger charge is 2.27. The molecule has 27 heavy (non-hydrogen) atoms. The van der Waals surface area contributed by atoms with Crippen molar-refractivity contribution < 1.29 is 19.1 Å². The molecule has 0 aliphatic rings. The minimum Gasteiger partial charge on any atom is -0.493 e. The van der Waals surface area contributed by atoms with Gasteiger partial charge in [0.05, 0.1) is 12.2 Å². The average molecular weight is 390 g/mol. The van der Waals surface area contributed by atoms with Crippen LogP contribution in [0.3, 0.4) is 0 Å². The van der Waals surface area contributed by atoms with E-state index in [0.29, 0.717) is 22.9 Å². The maximum absolute atomic E-state index is 12.7. The minimum absolute atomic E-state index is 0.116. The van der Waals surface area contributed by atoms with Gasteiger partial charge in [0.2, 0.25) is 0 Å². The Morgan fingerprint density at radius 2 is 1.74 bits per heavy atom. The van der Waals surface area contributed by atoms with Crippen LogP contribution in [0.1, 0.15) is 36.7 Å². The molecule has 0 spiro atoms. The predicted molar refractivity (Wildman–Crippen MR) is 105 cm³/mol. The standard InChI is InChI=1S/C21H24ClNO4/c1-4-26-18-8-6-5-7-17(18)20(24)23-19(14(2)3)21(25)27-13-15-9-11-16(22)12-10-15/h5-12,14,19H,4,13H2,1-3H3,(H,23,24)/t19-/m0/s1. The van der Waals surface area contributed by atoms with Crippen molar-refractivity contribution in [2.75, 3.05) is 6.61 Å². The lowest BCUT2D eigenvalue weighted by molar-refractivity contribution is -0.148. The van der Waals surface area contributed by atoms with E-state index in [1.54, 1.807) is 48.5 Å². The predicted octanol–water partition coefficient (Wildman–Crippen LogP) is 4.24. The van der Waals surface area contributed by atoms with Gasteiger partial charge in [-0.05, 0) is 42.7 Å². The smallest absolute Gasteiger partial charge is 0.329 e. The van der Waals surface area contributed by atoms with Crippen LogP contribution in [-0.4, -0.2) is 24.5 Å². The average Bonchev–Trinajstić information content (AvgIpc) is 2.65. The van der Waals surface area contributed by atoms with Crippen molar-refractivity contribution in [3.05, 3.63) is 64.7 Å². The summed E-state index contributed by atoms with van der Waals surface area (Å²) in [4.78, 5) is 25.2. The molecule has 144 valence electrons. The fraction of sp³-hybridized carbons (Fsp3) is 0.333. The maximum Gasteiger partial charge on any atom is 0.329 e. The number of halogens is 1. The molecule has 0 saturated heterocycles. The van der Waals surface area contributed by atoms with Crippen molar-refractivity contribution in [2.45, 2.75) is 33.4 Å². The number of carbonyl (C=O) groups excluding carboxylic acids is 2. The number of para-hydroxylation sites is 1. The van der Waals surface area contributed by atoms with E-state index in [2.05, 4.69) is 5.32 Å². The SMILES string of the molecule is CCOc1ccccc1C(=O)N[C@H](C(=O)OCc1ccc(Cl)cc1)C(C)C. The second kappa shape index (κ2) is 9.97. The second-order valence-electron chi connectivity index (χ2n) is 6.36. The number of benzene rings is 2. The zero-order valence-corrected chi connectivity index (χ0v) is 16.5. The highest BCUT2D eigenvalue weighted by Crippen LogP contribution is 2.19. The normalized spacial score (nSPS) is 11.7. The zero-order valence-electron chi connectivity index (χ0n) is 15.7. The fourth-order valence-corrected chi connectivity index (χ4v) is 2.60. The van der Waals surface area contributed by atoms with E-state index in [1.165, 1.54) is 0 Å². The monoisotopic (exact) mass is 389 g/mol. The Morgan fingerprint density at radius 1 is 1.07 bits per heavy atom. The first-order valence-corrected chi connectivity index (χ1v) is 9.24. The van der Waals surface area contributed by atoms with Gasteiger partial charge < -0.3 is 14.8 Å². The third-order valence-corrected chi connectivity index (χ3v) is 4.19. The van der Waals surface area contributed by atoms with Crippen molar-refractivity contribution >= 4 is 23.5 Å². The highest BCUT2D eigenvalue weighted by atomic mass is 35.5. The summed E-state index contributed by atoms with van der Waals surface area (Å²) in [6.45, 7) is 6.11. The topological polar surface area (TPSA) is 64.6 Å². The molecule has 2 rings (SSSR count). The number of amides is 1. The summed E-state index contributed by atoms with van der Waals surface area (Å²) in [5, 5.41) is 3.38. The molecule has 0 bridgehead atoms. The molecule has 2 aromatic rings. The van der Waals surface area contributed by atoms with Crippen LogP contribution in [0.2, 0.25) is 5.02 Å². The van der Waals surface area contributed by atoms with Gasteiger partial charge in [-0.3, -0.25) is 4.79 Å². The highest BCUT2D eigenvalue weighted by molar-refractivity contribution is 6.30. The van der Waals surface area contributed by atoms with Gasteiger partial charge >= 0.3 is 5.97 Å². The summed E-state index contributed by atoms with van der Waals surface area (Å²) in [5.74, 6) is -0.510. The number of hydrogen-bond donors (Lipinski definition) is 1. The Hall–Kier alpha value is -2.53. The van der Waals surface area contributed by atoms with E-state index < -0.39 is 12.0 Å². The lowest BCUT2D eigenvalue weighted by Crippen LogP contribution is -2.45. The van der Waals surface area contributed by atoms with E-state index >= 15 is 0 Å². The van der Waals surface area contributed by atoms with E-state index in [9.17, 15) is 9.59 Å². The fourth-order valence-electron chi connectivity index (χ4n) is 2.48. The first kappa shape index (κ1) is 20.8. The van der Waals surface area contributed by atoms with Crippen LogP contribution in [0, 0.1) is 5.92 Å². The van der Waals surface area contributed by atoms with Crippen molar-refractivity contribution in [1.29, 1.82) is 0 Å². The number of rotatable bonds is 8. The number of nitrogens with one attached hydrogen (secondary N) is 1. The van der Waals surface area contributed by atoms with Crippen molar-refractivity contribution in [1.82, 2.24) is 5.32 Å². The molecule has 5 nitrogen and oxygen atoms in total. The van der Waals surface area contributed by atoms with Gasteiger partial charge in [-0.15, -0.1) is 0 Å². The summed E-state index contributed by atoms with van der Waals surface area (Å²) in [6, 6.07) is 13.2. The van der Waals surface area contributed by atoms with Gasteiger partial charge in [-0.1, -0.05) is 49.7 Å². The Morgan fingerprint density at radius 3 is 2.37 bits per heavy atom. The number of hydrogen-bond acceptors (Lipinski definition) is 4. The third kappa shape index (κ3) is 6.00. The molecule has 0 aliphatic heterocycles. The van der Waals surface area contributed by atoms with Crippen LogP contribution in [0.4, 0.5) is 0 Å². The Labute approximate surface area is 164 Å². The Balaban J connectivity index is 2.04. The first-order valence-electron chi connectivity index (χ1n) is 8.86. The summed E-state index contributed by atoms with van der Waals surface area (Å²) in [6.07, 6.45) is 0. The first-order chi connectivity index (χ1) is 12.9. The zero-order chi connectivity index (χ0) is 19.8. The van der Waals surface area contributed by atoms with Crippen molar-refractivity contribution in [2.24, 2.45) is 5.92 Å². The molecule has 0 fully saturated rings. The largest absolute Gasteiger partial charge is 0.493 e. The van der Waals surface area contributed by atoms with E-state index in [0.717, 1.165) is 5.56 Å². The third-order valence-electron chi connectivity index (χ3n) is 3.93.